The van der Waals surface area contributed by atoms with E-state index < -0.39 is 5.97 Å². The van der Waals surface area contributed by atoms with Crippen LogP contribution in [-0.2, 0) is 9.53 Å². The van der Waals surface area contributed by atoms with Crippen LogP contribution in [0.4, 0.5) is 0 Å². The largest absolute Gasteiger partial charge is 0.461 e. The van der Waals surface area contributed by atoms with E-state index in [1.165, 1.54) is 0 Å². The van der Waals surface area contributed by atoms with Gasteiger partial charge in [0.2, 0.25) is 0 Å². The lowest BCUT2D eigenvalue weighted by Crippen LogP contribution is -2.17. The molecule has 0 aromatic carbocycles. The van der Waals surface area contributed by atoms with Gasteiger partial charge in [-0.2, -0.15) is 5.26 Å². The molecule has 17 heavy (non-hydrogen) atoms. The number of carbonyl (C=O) groups excluding carboxylic acids is 1. The van der Waals surface area contributed by atoms with Crippen LogP contribution in [0.25, 0.3) is 0 Å². The molecule has 0 saturated heterocycles. The van der Waals surface area contributed by atoms with E-state index in [1.807, 2.05) is 31.9 Å². The number of rotatable bonds is 7. The van der Waals surface area contributed by atoms with Crippen LogP contribution in [0.5, 0.6) is 0 Å². The molecule has 4 nitrogen and oxygen atoms in total. The summed E-state index contributed by atoms with van der Waals surface area (Å²) in [6.07, 6.45) is 3.67. The van der Waals surface area contributed by atoms with Gasteiger partial charge < -0.3 is 9.64 Å². The van der Waals surface area contributed by atoms with Crippen LogP contribution in [0.3, 0.4) is 0 Å². The quantitative estimate of drug-likeness (QED) is 0.388. The lowest BCUT2D eigenvalue weighted by atomic mass is 10.2. The Morgan fingerprint density at radius 1 is 1.53 bits per heavy atom. The first-order chi connectivity index (χ1) is 8.01. The average Bonchev–Trinajstić information content (AvgIpc) is 2.30. The van der Waals surface area contributed by atoms with Crippen molar-refractivity contribution in [3.8, 4) is 6.07 Å². The van der Waals surface area contributed by atoms with Gasteiger partial charge in [0, 0.05) is 19.8 Å². The third-order valence-electron chi connectivity index (χ3n) is 2.10. The number of nitrogens with zero attached hydrogens (tertiary/aromatic N) is 2. The molecule has 0 aliphatic carbocycles. The van der Waals surface area contributed by atoms with Gasteiger partial charge in [0.1, 0.15) is 6.07 Å². The van der Waals surface area contributed by atoms with E-state index in [-0.39, 0.29) is 11.5 Å². The Hall–Kier alpha value is -1.50. The topological polar surface area (TPSA) is 53.3 Å². The molecule has 0 fully saturated rings. The highest BCUT2D eigenvalue weighted by Crippen LogP contribution is 2.03. The lowest BCUT2D eigenvalue weighted by molar-refractivity contribution is -0.139. The first kappa shape index (κ1) is 15.5. The lowest BCUT2D eigenvalue weighted by Gasteiger charge is -2.14. The molecule has 0 rings (SSSR count). The molecule has 0 spiro atoms. The van der Waals surface area contributed by atoms with Gasteiger partial charge in [-0.3, -0.25) is 0 Å². The second-order valence-electron chi connectivity index (χ2n) is 4.48. The monoisotopic (exact) mass is 238 g/mol. The first-order valence-electron chi connectivity index (χ1n) is 6.00. The SMILES string of the molecule is CCCCN(C)C=C(C#N)C(=O)OCC(C)C. The molecule has 0 amide bonds. The summed E-state index contributed by atoms with van der Waals surface area (Å²) >= 11 is 0. The van der Waals surface area contributed by atoms with Crippen LogP contribution in [0, 0.1) is 17.2 Å². The predicted octanol–water partition coefficient (Wildman–Crippen LogP) is 2.32. The van der Waals surface area contributed by atoms with Gasteiger partial charge >= 0.3 is 5.97 Å². The minimum atomic E-state index is -0.537. The molecule has 0 aromatic rings. The van der Waals surface area contributed by atoms with Crippen molar-refractivity contribution >= 4 is 5.97 Å². The van der Waals surface area contributed by atoms with Gasteiger partial charge in [0.25, 0.3) is 0 Å². The summed E-state index contributed by atoms with van der Waals surface area (Å²) in [7, 11) is 1.85. The highest BCUT2D eigenvalue weighted by molar-refractivity contribution is 5.92. The maximum atomic E-state index is 11.5. The standard InChI is InChI=1S/C13H22N2O2/c1-5-6-7-15(4)9-12(8-14)13(16)17-10-11(2)3/h9,11H,5-7,10H2,1-4H3. The van der Waals surface area contributed by atoms with E-state index in [9.17, 15) is 4.79 Å². The van der Waals surface area contributed by atoms with Crippen LogP contribution in [0.1, 0.15) is 33.6 Å². The van der Waals surface area contributed by atoms with Crippen molar-refractivity contribution in [3.63, 3.8) is 0 Å². The van der Waals surface area contributed by atoms with E-state index in [4.69, 9.17) is 10.00 Å². The van der Waals surface area contributed by atoms with Gasteiger partial charge in [-0.25, -0.2) is 4.79 Å². The second kappa shape index (κ2) is 8.63. The number of hydrogen-bond donors (Lipinski definition) is 0. The Morgan fingerprint density at radius 2 is 2.18 bits per heavy atom. The molecule has 0 radical (unpaired) electrons. The fourth-order valence-electron chi connectivity index (χ4n) is 1.14. The highest BCUT2D eigenvalue weighted by Gasteiger charge is 2.12. The normalized spacial score (nSPS) is 11.2. The van der Waals surface area contributed by atoms with Gasteiger partial charge in [-0.15, -0.1) is 0 Å². The molecule has 0 saturated carbocycles. The maximum absolute atomic E-state index is 11.5. The summed E-state index contributed by atoms with van der Waals surface area (Å²) in [6, 6.07) is 1.88. The van der Waals surface area contributed by atoms with E-state index >= 15 is 0 Å². The van der Waals surface area contributed by atoms with Gasteiger partial charge in [-0.1, -0.05) is 27.2 Å². The average molecular weight is 238 g/mol. The third kappa shape index (κ3) is 7.40. The number of nitriles is 1. The van der Waals surface area contributed by atoms with Crippen LogP contribution < -0.4 is 0 Å². The second-order valence-corrected chi connectivity index (χ2v) is 4.48. The zero-order valence-electron chi connectivity index (χ0n) is 11.2. The molecular weight excluding hydrogens is 216 g/mol. The molecule has 0 aliphatic heterocycles. The Balaban J connectivity index is 4.34. The van der Waals surface area contributed by atoms with E-state index in [0.29, 0.717) is 6.61 Å². The highest BCUT2D eigenvalue weighted by atomic mass is 16.5. The van der Waals surface area contributed by atoms with Crippen molar-refractivity contribution in [1.82, 2.24) is 4.90 Å². The summed E-state index contributed by atoms with van der Waals surface area (Å²) in [5, 5.41) is 8.89. The first-order valence-corrected chi connectivity index (χ1v) is 6.00. The van der Waals surface area contributed by atoms with Crippen LogP contribution in [0.2, 0.25) is 0 Å². The Kier molecular flexibility index (Phi) is 7.87. The van der Waals surface area contributed by atoms with Gasteiger partial charge in [0.05, 0.1) is 6.61 Å². The predicted molar refractivity (Wildman–Crippen MR) is 67.0 cm³/mol. The summed E-state index contributed by atoms with van der Waals surface area (Å²) in [4.78, 5) is 13.4. The minimum absolute atomic E-state index is 0.0595. The number of esters is 1. The molecule has 4 heteroatoms. The molecular formula is C13H22N2O2. The number of unbranched alkanes of at least 4 members (excludes halogenated alkanes) is 1. The van der Waals surface area contributed by atoms with Crippen LogP contribution in [0.15, 0.2) is 11.8 Å². The van der Waals surface area contributed by atoms with E-state index in [0.717, 1.165) is 19.4 Å². The van der Waals surface area contributed by atoms with E-state index in [2.05, 4.69) is 6.92 Å². The van der Waals surface area contributed by atoms with Crippen molar-refractivity contribution in [3.05, 3.63) is 11.8 Å². The number of ether oxygens (including phenoxy) is 1. The smallest absolute Gasteiger partial charge is 0.350 e. The number of hydrogen-bond acceptors (Lipinski definition) is 4. The van der Waals surface area contributed by atoms with Crippen molar-refractivity contribution in [2.75, 3.05) is 20.2 Å². The van der Waals surface area contributed by atoms with Crippen molar-refractivity contribution < 1.29 is 9.53 Å². The van der Waals surface area contributed by atoms with Gasteiger partial charge in [0.15, 0.2) is 5.57 Å². The zero-order chi connectivity index (χ0) is 13.3. The summed E-state index contributed by atoms with van der Waals surface area (Å²) in [5.74, 6) is -0.263. The molecule has 0 N–H and O–H groups in total. The fourth-order valence-corrected chi connectivity index (χ4v) is 1.14. The summed E-state index contributed by atoms with van der Waals surface area (Å²) in [5.41, 5.74) is 0.0595. The third-order valence-corrected chi connectivity index (χ3v) is 2.10. The molecule has 0 aliphatic rings. The van der Waals surface area contributed by atoms with Crippen molar-refractivity contribution in [2.45, 2.75) is 33.6 Å². The molecule has 0 bridgehead atoms. The van der Waals surface area contributed by atoms with Crippen LogP contribution in [-0.4, -0.2) is 31.1 Å². The van der Waals surface area contributed by atoms with Gasteiger partial charge in [-0.05, 0) is 12.3 Å². The summed E-state index contributed by atoms with van der Waals surface area (Å²) in [6.45, 7) is 7.18. The number of carbonyl (C=O) groups is 1. The zero-order valence-corrected chi connectivity index (χ0v) is 11.2. The van der Waals surface area contributed by atoms with Crippen LogP contribution >= 0.6 is 0 Å². The van der Waals surface area contributed by atoms with Crippen molar-refractivity contribution in [2.24, 2.45) is 5.92 Å². The molecule has 0 atom stereocenters. The Bertz CT molecular complexity index is 303. The fraction of sp³-hybridized carbons (Fsp3) is 0.692. The maximum Gasteiger partial charge on any atom is 0.350 e. The molecule has 96 valence electrons. The summed E-state index contributed by atoms with van der Waals surface area (Å²) < 4.78 is 5.01. The Morgan fingerprint density at radius 3 is 2.65 bits per heavy atom. The minimum Gasteiger partial charge on any atom is -0.461 e. The van der Waals surface area contributed by atoms with E-state index in [1.54, 1.807) is 6.20 Å². The molecule has 0 unspecified atom stereocenters. The Labute approximate surface area is 104 Å². The molecule has 0 heterocycles. The van der Waals surface area contributed by atoms with Crippen molar-refractivity contribution in [1.29, 1.82) is 5.26 Å². The molecule has 0 aromatic heterocycles.